The van der Waals surface area contributed by atoms with Gasteiger partial charge in [-0.25, -0.2) is 0 Å². The van der Waals surface area contributed by atoms with Crippen LogP contribution < -0.4 is 15.4 Å². The molecule has 0 aliphatic carbocycles. The molecule has 0 radical (unpaired) electrons. The summed E-state index contributed by atoms with van der Waals surface area (Å²) in [6.45, 7) is 1.30. The lowest BCUT2D eigenvalue weighted by molar-refractivity contribution is 0.292. The summed E-state index contributed by atoms with van der Waals surface area (Å²) < 4.78 is 7.10. The first-order valence-electron chi connectivity index (χ1n) is 8.13. The van der Waals surface area contributed by atoms with E-state index in [0.29, 0.717) is 31.3 Å². The van der Waals surface area contributed by atoms with E-state index in [1.165, 1.54) is 0 Å². The number of anilines is 2. The molecule has 3 aromatic rings. The number of hydrogen-bond acceptors (Lipinski definition) is 7. The van der Waals surface area contributed by atoms with Crippen molar-refractivity contribution in [3.05, 3.63) is 36.0 Å². The van der Waals surface area contributed by atoms with E-state index in [-0.39, 0.29) is 6.61 Å². The number of nitrogens with zero attached hydrogens (tertiary/aromatic N) is 4. The van der Waals surface area contributed by atoms with Gasteiger partial charge >= 0.3 is 0 Å². The van der Waals surface area contributed by atoms with E-state index in [1.54, 1.807) is 18.0 Å². The van der Waals surface area contributed by atoms with Crippen LogP contribution in [0.4, 0.5) is 11.8 Å². The molecule has 0 atom stereocenters. The molecule has 25 heavy (non-hydrogen) atoms. The van der Waals surface area contributed by atoms with Crippen LogP contribution in [0, 0.1) is 0 Å². The minimum atomic E-state index is 0.125. The van der Waals surface area contributed by atoms with Gasteiger partial charge in [0.15, 0.2) is 5.65 Å². The van der Waals surface area contributed by atoms with Crippen LogP contribution in [0.15, 0.2) is 30.5 Å². The van der Waals surface area contributed by atoms with Gasteiger partial charge in [-0.1, -0.05) is 18.2 Å². The normalized spacial score (nSPS) is 10.8. The Bertz CT molecular complexity index is 848. The Morgan fingerprint density at radius 2 is 2.04 bits per heavy atom. The van der Waals surface area contributed by atoms with Gasteiger partial charge in [-0.2, -0.15) is 15.1 Å². The molecule has 2 aromatic heterocycles. The van der Waals surface area contributed by atoms with Crippen LogP contribution in [0.5, 0.6) is 5.75 Å². The monoisotopic (exact) mass is 342 g/mol. The average Bonchev–Trinajstić information content (AvgIpc) is 3.01. The quantitative estimate of drug-likeness (QED) is 0.537. The van der Waals surface area contributed by atoms with Gasteiger partial charge < -0.3 is 20.5 Å². The van der Waals surface area contributed by atoms with Crippen LogP contribution in [0.2, 0.25) is 0 Å². The van der Waals surface area contributed by atoms with Crippen molar-refractivity contribution in [2.24, 2.45) is 7.05 Å². The van der Waals surface area contributed by atoms with Gasteiger partial charge in [0, 0.05) is 32.3 Å². The second-order valence-corrected chi connectivity index (χ2v) is 5.57. The molecule has 0 aliphatic heterocycles. The molecular formula is C17H22N6O2. The van der Waals surface area contributed by atoms with Gasteiger partial charge in [-0.05, 0) is 12.5 Å². The highest BCUT2D eigenvalue weighted by Crippen LogP contribution is 2.24. The lowest BCUT2D eigenvalue weighted by atomic mass is 10.2. The highest BCUT2D eigenvalue weighted by Gasteiger charge is 2.12. The number of aliphatic hydroxyl groups is 1. The Hall–Kier alpha value is -2.87. The summed E-state index contributed by atoms with van der Waals surface area (Å²) in [4.78, 5) is 9.04. The fraction of sp³-hybridized carbons (Fsp3) is 0.353. The third kappa shape index (κ3) is 3.80. The highest BCUT2D eigenvalue weighted by atomic mass is 16.5. The fourth-order valence-corrected chi connectivity index (χ4v) is 2.54. The smallest absolute Gasteiger partial charge is 0.226 e. The summed E-state index contributed by atoms with van der Waals surface area (Å²) in [5.74, 6) is 2.04. The molecule has 1 aromatic carbocycles. The van der Waals surface area contributed by atoms with Crippen LogP contribution in [-0.4, -0.2) is 45.1 Å². The second-order valence-electron chi connectivity index (χ2n) is 5.57. The molecule has 0 aliphatic rings. The molecule has 3 N–H and O–H groups in total. The second kappa shape index (κ2) is 7.80. The predicted molar refractivity (Wildman–Crippen MR) is 96.8 cm³/mol. The zero-order valence-electron chi connectivity index (χ0n) is 14.4. The van der Waals surface area contributed by atoms with Gasteiger partial charge in [0.1, 0.15) is 11.6 Å². The first-order valence-corrected chi connectivity index (χ1v) is 8.13. The number of ether oxygens (including phenoxy) is 1. The molecule has 8 heteroatoms. The minimum absolute atomic E-state index is 0.125. The van der Waals surface area contributed by atoms with Crippen LogP contribution in [-0.2, 0) is 13.6 Å². The van der Waals surface area contributed by atoms with E-state index < -0.39 is 0 Å². The van der Waals surface area contributed by atoms with E-state index in [2.05, 4.69) is 25.7 Å². The van der Waals surface area contributed by atoms with Gasteiger partial charge in [-0.15, -0.1) is 0 Å². The van der Waals surface area contributed by atoms with E-state index in [1.807, 2.05) is 31.3 Å². The maximum absolute atomic E-state index is 8.92. The van der Waals surface area contributed by atoms with Gasteiger partial charge in [-0.3, -0.25) is 4.68 Å². The van der Waals surface area contributed by atoms with Crippen molar-refractivity contribution >= 4 is 22.8 Å². The van der Waals surface area contributed by atoms with Crippen LogP contribution in [0.1, 0.15) is 12.0 Å². The van der Waals surface area contributed by atoms with E-state index in [9.17, 15) is 0 Å². The maximum atomic E-state index is 8.92. The molecule has 0 saturated heterocycles. The predicted octanol–water partition coefficient (Wildman–Crippen LogP) is 1.78. The zero-order valence-corrected chi connectivity index (χ0v) is 14.4. The Kier molecular flexibility index (Phi) is 5.30. The molecule has 0 amide bonds. The summed E-state index contributed by atoms with van der Waals surface area (Å²) in [7, 11) is 3.50. The van der Waals surface area contributed by atoms with Crippen LogP contribution in [0.3, 0.4) is 0 Å². The van der Waals surface area contributed by atoms with E-state index in [4.69, 9.17) is 9.84 Å². The number of methoxy groups -OCH3 is 1. The highest BCUT2D eigenvalue weighted by molar-refractivity contribution is 5.87. The van der Waals surface area contributed by atoms with Crippen molar-refractivity contribution in [3.8, 4) is 5.75 Å². The van der Waals surface area contributed by atoms with Gasteiger partial charge in [0.25, 0.3) is 0 Å². The number of benzene rings is 1. The molecule has 0 unspecified atom stereocenters. The molecular weight excluding hydrogens is 320 g/mol. The fourth-order valence-electron chi connectivity index (χ4n) is 2.54. The molecule has 0 saturated carbocycles. The molecule has 2 heterocycles. The van der Waals surface area contributed by atoms with Crippen molar-refractivity contribution in [2.75, 3.05) is 30.9 Å². The zero-order chi connectivity index (χ0) is 17.6. The van der Waals surface area contributed by atoms with Gasteiger partial charge in [0.2, 0.25) is 5.95 Å². The lowest BCUT2D eigenvalue weighted by Gasteiger charge is -2.12. The van der Waals surface area contributed by atoms with Crippen molar-refractivity contribution in [1.29, 1.82) is 0 Å². The molecule has 8 nitrogen and oxygen atoms in total. The van der Waals surface area contributed by atoms with Crippen LogP contribution in [0.25, 0.3) is 11.0 Å². The van der Waals surface area contributed by atoms with Crippen LogP contribution >= 0.6 is 0 Å². The van der Waals surface area contributed by atoms with E-state index >= 15 is 0 Å². The third-order valence-electron chi connectivity index (χ3n) is 3.85. The lowest BCUT2D eigenvalue weighted by Crippen LogP contribution is -2.10. The number of aliphatic hydroxyl groups excluding tert-OH is 1. The van der Waals surface area contributed by atoms with Gasteiger partial charge in [0.05, 0.1) is 18.7 Å². The third-order valence-corrected chi connectivity index (χ3v) is 3.85. The summed E-state index contributed by atoms with van der Waals surface area (Å²) in [6, 6.07) is 7.85. The van der Waals surface area contributed by atoms with Crippen molar-refractivity contribution in [2.45, 2.75) is 13.0 Å². The summed E-state index contributed by atoms with van der Waals surface area (Å²) in [5.41, 5.74) is 1.78. The Morgan fingerprint density at radius 1 is 1.20 bits per heavy atom. The number of aromatic nitrogens is 4. The molecule has 3 rings (SSSR count). The maximum Gasteiger partial charge on any atom is 0.226 e. The van der Waals surface area contributed by atoms with Crippen molar-refractivity contribution in [1.82, 2.24) is 19.7 Å². The number of hydrogen-bond donors (Lipinski definition) is 3. The SMILES string of the molecule is COc1ccccc1CNc1nc(NCCCO)nc2c1cnn2C. The summed E-state index contributed by atoms with van der Waals surface area (Å²) in [6.07, 6.45) is 2.38. The number of aryl methyl sites for hydroxylation is 1. The first kappa shape index (κ1) is 17.0. The molecule has 0 bridgehead atoms. The Labute approximate surface area is 145 Å². The molecule has 0 fully saturated rings. The first-order chi connectivity index (χ1) is 12.2. The average molecular weight is 342 g/mol. The Morgan fingerprint density at radius 3 is 2.84 bits per heavy atom. The number of para-hydroxylation sites is 1. The minimum Gasteiger partial charge on any atom is -0.496 e. The summed E-state index contributed by atoms with van der Waals surface area (Å²) in [5, 5.41) is 20.5. The largest absolute Gasteiger partial charge is 0.496 e. The summed E-state index contributed by atoms with van der Waals surface area (Å²) >= 11 is 0. The number of rotatable bonds is 8. The standard InChI is InChI=1S/C17H22N6O2/c1-23-16-13(11-20-23)15(21-17(22-16)18-8-5-9-24)19-10-12-6-3-4-7-14(12)25-2/h3-4,6-7,11,24H,5,8-10H2,1-2H3,(H2,18,19,21,22). The number of fused-ring (bicyclic) bond motifs is 1. The number of nitrogens with one attached hydrogen (secondary N) is 2. The van der Waals surface area contributed by atoms with Crippen molar-refractivity contribution < 1.29 is 9.84 Å². The topological polar surface area (TPSA) is 97.1 Å². The Balaban J connectivity index is 1.86. The van der Waals surface area contributed by atoms with Crippen molar-refractivity contribution in [3.63, 3.8) is 0 Å². The molecule has 0 spiro atoms. The van der Waals surface area contributed by atoms with E-state index in [0.717, 1.165) is 22.3 Å². The molecule has 132 valence electrons.